The van der Waals surface area contributed by atoms with Crippen molar-refractivity contribution in [2.45, 2.75) is 12.7 Å². The topological polar surface area (TPSA) is 90.4 Å². The van der Waals surface area contributed by atoms with Crippen molar-refractivity contribution in [3.63, 3.8) is 0 Å². The van der Waals surface area contributed by atoms with Gasteiger partial charge < -0.3 is 14.8 Å². The van der Waals surface area contributed by atoms with E-state index in [1.807, 2.05) is 6.92 Å². The van der Waals surface area contributed by atoms with Crippen LogP contribution in [0, 0.1) is 5.82 Å². The average Bonchev–Trinajstić information content (AvgIpc) is 2.74. The van der Waals surface area contributed by atoms with Crippen LogP contribution >= 0.6 is 11.6 Å². The van der Waals surface area contributed by atoms with Gasteiger partial charge in [0.2, 0.25) is 0 Å². The summed E-state index contributed by atoms with van der Waals surface area (Å²) in [7, 11) is -3.55. The quantitative estimate of drug-likeness (QED) is 0.436. The zero-order chi connectivity index (χ0) is 22.4. The highest BCUT2D eigenvalue weighted by molar-refractivity contribution is 7.93. The minimum atomic E-state index is -3.55. The maximum Gasteiger partial charge on any atom is 0.175 e. The number of fused-ring (bicyclic) bond motifs is 1. The predicted octanol–water partition coefficient (Wildman–Crippen LogP) is 4.64. The highest BCUT2D eigenvalue weighted by Crippen LogP contribution is 2.32. The first-order chi connectivity index (χ1) is 14.8. The molecule has 31 heavy (non-hydrogen) atoms. The van der Waals surface area contributed by atoms with E-state index in [1.54, 1.807) is 12.1 Å². The van der Waals surface area contributed by atoms with E-state index in [4.69, 9.17) is 21.1 Å². The van der Waals surface area contributed by atoms with Gasteiger partial charge in [-0.1, -0.05) is 18.2 Å². The summed E-state index contributed by atoms with van der Waals surface area (Å²) in [5.41, 5.74) is 1.49. The van der Waals surface area contributed by atoms with Crippen LogP contribution in [0.5, 0.6) is 5.75 Å². The summed E-state index contributed by atoms with van der Waals surface area (Å²) >= 11 is 5.85. The molecule has 0 bridgehead atoms. The van der Waals surface area contributed by atoms with Crippen LogP contribution in [0.2, 0.25) is 5.02 Å². The number of ether oxygens (including phenoxy) is 2. The van der Waals surface area contributed by atoms with Gasteiger partial charge in [-0.15, -0.1) is 0 Å². The molecule has 10 heteroatoms. The number of halogens is 2. The Hall–Kier alpha value is -2.75. The molecular formula is C21H21ClFN3O4S. The Labute approximate surface area is 184 Å². The summed E-state index contributed by atoms with van der Waals surface area (Å²) in [6, 6.07) is 7.49. The van der Waals surface area contributed by atoms with E-state index in [1.165, 1.54) is 24.5 Å². The third-order valence-electron chi connectivity index (χ3n) is 4.30. The average molecular weight is 466 g/mol. The Bertz CT molecular complexity index is 1200. The molecule has 0 radical (unpaired) electrons. The molecule has 2 aromatic carbocycles. The summed E-state index contributed by atoms with van der Waals surface area (Å²) in [5.74, 6) is -0.0453. The summed E-state index contributed by atoms with van der Waals surface area (Å²) in [5, 5.41) is 4.50. The number of sulfone groups is 1. The lowest BCUT2D eigenvalue weighted by Crippen LogP contribution is -2.09. The van der Waals surface area contributed by atoms with Crippen molar-refractivity contribution >= 4 is 43.8 Å². The molecule has 0 amide bonds. The molecule has 1 heterocycles. The lowest BCUT2D eigenvalue weighted by atomic mass is 10.1. The van der Waals surface area contributed by atoms with Gasteiger partial charge in [-0.3, -0.25) is 0 Å². The lowest BCUT2D eigenvalue weighted by Gasteiger charge is -2.14. The summed E-state index contributed by atoms with van der Waals surface area (Å²) < 4.78 is 48.9. The Morgan fingerprint density at radius 3 is 2.74 bits per heavy atom. The van der Waals surface area contributed by atoms with Gasteiger partial charge in [-0.2, -0.15) is 0 Å². The second kappa shape index (κ2) is 10.0. The maximum absolute atomic E-state index is 13.5. The standard InChI is InChI=1S/C21H21ClFN3O4S/c1-3-29-7-8-30-20-11-19-16(9-14(20)12-31(27,28)4-2)21(25-13-24-19)26-15-5-6-18(23)17(22)10-15/h4-6,9-11,13H,2-3,7-8,12H2,1H3,(H,24,25,26). The minimum Gasteiger partial charge on any atom is -0.491 e. The molecule has 0 spiro atoms. The molecule has 0 unspecified atom stereocenters. The highest BCUT2D eigenvalue weighted by Gasteiger charge is 2.16. The van der Waals surface area contributed by atoms with Crippen LogP contribution < -0.4 is 10.1 Å². The van der Waals surface area contributed by atoms with Crippen LogP contribution in [-0.2, 0) is 20.3 Å². The van der Waals surface area contributed by atoms with Crippen LogP contribution in [-0.4, -0.2) is 38.2 Å². The number of anilines is 2. The fourth-order valence-electron chi connectivity index (χ4n) is 2.82. The first kappa shape index (κ1) is 22.9. The van der Waals surface area contributed by atoms with Crippen LogP contribution in [0.1, 0.15) is 12.5 Å². The summed E-state index contributed by atoms with van der Waals surface area (Å²) in [6.07, 6.45) is 1.36. The second-order valence-corrected chi connectivity index (χ2v) is 8.83. The molecule has 1 aromatic heterocycles. The Morgan fingerprint density at radius 1 is 1.23 bits per heavy atom. The third kappa shape index (κ3) is 5.90. The van der Waals surface area contributed by atoms with Gasteiger partial charge in [0, 0.05) is 34.7 Å². The molecule has 0 fully saturated rings. The van der Waals surface area contributed by atoms with Crippen molar-refractivity contribution in [3.05, 3.63) is 65.0 Å². The van der Waals surface area contributed by atoms with Crippen molar-refractivity contribution in [2.75, 3.05) is 25.1 Å². The Morgan fingerprint density at radius 2 is 2.03 bits per heavy atom. The molecule has 1 N–H and O–H groups in total. The predicted molar refractivity (Wildman–Crippen MR) is 119 cm³/mol. The molecule has 0 atom stereocenters. The van der Waals surface area contributed by atoms with E-state index < -0.39 is 15.7 Å². The summed E-state index contributed by atoms with van der Waals surface area (Å²) in [4.78, 5) is 8.50. The molecule has 3 rings (SSSR count). The van der Waals surface area contributed by atoms with Gasteiger partial charge in [-0.25, -0.2) is 22.8 Å². The van der Waals surface area contributed by atoms with Gasteiger partial charge in [0.1, 0.15) is 30.3 Å². The van der Waals surface area contributed by atoms with Crippen LogP contribution in [0.25, 0.3) is 10.9 Å². The maximum atomic E-state index is 13.5. The molecule has 3 aromatic rings. The first-order valence-electron chi connectivity index (χ1n) is 9.38. The van der Waals surface area contributed by atoms with Crippen LogP contribution in [0.4, 0.5) is 15.9 Å². The Kier molecular flexibility index (Phi) is 7.42. The van der Waals surface area contributed by atoms with Crippen molar-refractivity contribution in [1.82, 2.24) is 9.97 Å². The van der Waals surface area contributed by atoms with E-state index in [0.29, 0.717) is 46.9 Å². The number of nitrogens with one attached hydrogen (secondary N) is 1. The third-order valence-corrected chi connectivity index (χ3v) is 5.81. The molecule has 0 aliphatic rings. The number of aromatic nitrogens is 2. The lowest BCUT2D eigenvalue weighted by molar-refractivity contribution is 0.110. The highest BCUT2D eigenvalue weighted by atomic mass is 35.5. The largest absolute Gasteiger partial charge is 0.491 e. The van der Waals surface area contributed by atoms with Crippen molar-refractivity contribution in [2.24, 2.45) is 0 Å². The Balaban J connectivity index is 2.02. The monoisotopic (exact) mass is 465 g/mol. The van der Waals surface area contributed by atoms with Gasteiger partial charge in [0.05, 0.1) is 22.9 Å². The molecule has 164 valence electrons. The number of hydrogen-bond donors (Lipinski definition) is 1. The van der Waals surface area contributed by atoms with E-state index in [2.05, 4.69) is 21.9 Å². The van der Waals surface area contributed by atoms with Crippen molar-refractivity contribution < 1.29 is 22.3 Å². The zero-order valence-corrected chi connectivity index (χ0v) is 18.3. The smallest absolute Gasteiger partial charge is 0.175 e. The van der Waals surface area contributed by atoms with Gasteiger partial charge >= 0.3 is 0 Å². The van der Waals surface area contributed by atoms with E-state index in [0.717, 1.165) is 5.41 Å². The van der Waals surface area contributed by atoms with E-state index in [9.17, 15) is 12.8 Å². The number of hydrogen-bond acceptors (Lipinski definition) is 7. The van der Waals surface area contributed by atoms with E-state index in [-0.39, 0.29) is 17.4 Å². The SMILES string of the molecule is C=CS(=O)(=O)Cc1cc2c(Nc3ccc(F)c(Cl)c3)ncnc2cc1OCCOCC. The van der Waals surface area contributed by atoms with Gasteiger partial charge in [0.25, 0.3) is 0 Å². The second-order valence-electron chi connectivity index (χ2n) is 6.47. The van der Waals surface area contributed by atoms with Gasteiger partial charge in [-0.05, 0) is 31.2 Å². The van der Waals surface area contributed by atoms with Crippen LogP contribution in [0.15, 0.2) is 48.6 Å². The molecule has 7 nitrogen and oxygen atoms in total. The zero-order valence-electron chi connectivity index (χ0n) is 16.8. The normalized spacial score (nSPS) is 11.5. The van der Waals surface area contributed by atoms with Crippen molar-refractivity contribution in [3.8, 4) is 5.75 Å². The van der Waals surface area contributed by atoms with Crippen molar-refractivity contribution in [1.29, 1.82) is 0 Å². The molecule has 0 saturated carbocycles. The first-order valence-corrected chi connectivity index (χ1v) is 11.5. The summed E-state index contributed by atoms with van der Waals surface area (Å²) in [6.45, 7) is 6.41. The molecule has 0 aliphatic carbocycles. The fourth-order valence-corrected chi connectivity index (χ4v) is 3.77. The number of rotatable bonds is 10. The molecule has 0 aliphatic heterocycles. The van der Waals surface area contributed by atoms with Gasteiger partial charge in [0.15, 0.2) is 9.84 Å². The minimum absolute atomic E-state index is 0.0360. The van der Waals surface area contributed by atoms with Crippen LogP contribution in [0.3, 0.4) is 0 Å². The fraction of sp³-hybridized carbons (Fsp3) is 0.238. The number of nitrogens with zero attached hydrogens (tertiary/aromatic N) is 2. The molecule has 0 saturated heterocycles. The number of benzene rings is 2. The van der Waals surface area contributed by atoms with E-state index >= 15 is 0 Å². The molecular weight excluding hydrogens is 445 g/mol.